The first kappa shape index (κ1) is 16.0. The van der Waals surface area contributed by atoms with E-state index in [-0.39, 0.29) is 6.04 Å². The van der Waals surface area contributed by atoms with Gasteiger partial charge in [0.15, 0.2) is 0 Å². The van der Waals surface area contributed by atoms with Crippen molar-refractivity contribution in [3.63, 3.8) is 0 Å². The van der Waals surface area contributed by atoms with Crippen molar-refractivity contribution in [2.24, 2.45) is 0 Å². The summed E-state index contributed by atoms with van der Waals surface area (Å²) in [4.78, 5) is 0. The summed E-state index contributed by atoms with van der Waals surface area (Å²) in [6.45, 7) is 2.48. The SMILES string of the molecule is CC(NCc1nnc(-c2ccccc2)o1)c1ccc(Cl)cc1Cl. The Morgan fingerprint density at radius 1 is 1.09 bits per heavy atom. The normalized spacial score (nSPS) is 12.3. The molecule has 0 aliphatic heterocycles. The van der Waals surface area contributed by atoms with Crippen molar-refractivity contribution < 1.29 is 4.42 Å². The predicted molar refractivity (Wildman–Crippen MR) is 91.5 cm³/mol. The molecule has 1 heterocycles. The second-order valence-corrected chi connectivity index (χ2v) is 5.98. The lowest BCUT2D eigenvalue weighted by Crippen LogP contribution is -2.18. The van der Waals surface area contributed by atoms with Crippen LogP contribution >= 0.6 is 23.2 Å². The Balaban J connectivity index is 1.65. The summed E-state index contributed by atoms with van der Waals surface area (Å²) in [6, 6.07) is 15.2. The van der Waals surface area contributed by atoms with Gasteiger partial charge in [-0.2, -0.15) is 0 Å². The highest BCUT2D eigenvalue weighted by atomic mass is 35.5. The van der Waals surface area contributed by atoms with Gasteiger partial charge in [0, 0.05) is 21.7 Å². The average molecular weight is 348 g/mol. The Bertz CT molecular complexity index is 790. The molecule has 1 unspecified atom stereocenters. The molecule has 1 N–H and O–H groups in total. The summed E-state index contributed by atoms with van der Waals surface area (Å²) in [7, 11) is 0. The van der Waals surface area contributed by atoms with Gasteiger partial charge in [0.25, 0.3) is 0 Å². The van der Waals surface area contributed by atoms with Crippen LogP contribution in [0.1, 0.15) is 24.4 Å². The van der Waals surface area contributed by atoms with Crippen molar-refractivity contribution in [2.45, 2.75) is 19.5 Å². The fraction of sp³-hybridized carbons (Fsp3) is 0.176. The second kappa shape index (κ2) is 7.13. The fourth-order valence-corrected chi connectivity index (χ4v) is 2.80. The van der Waals surface area contributed by atoms with E-state index in [9.17, 15) is 0 Å². The fourth-order valence-electron chi connectivity index (χ4n) is 2.23. The molecular formula is C17H15Cl2N3O. The van der Waals surface area contributed by atoms with Crippen molar-refractivity contribution in [1.29, 1.82) is 0 Å². The van der Waals surface area contributed by atoms with Crippen molar-refractivity contribution in [3.8, 4) is 11.5 Å². The van der Waals surface area contributed by atoms with Gasteiger partial charge in [-0.15, -0.1) is 10.2 Å². The molecule has 0 radical (unpaired) electrons. The van der Waals surface area contributed by atoms with Gasteiger partial charge in [0.1, 0.15) is 0 Å². The number of aromatic nitrogens is 2. The summed E-state index contributed by atoms with van der Waals surface area (Å²) in [5, 5.41) is 12.7. The van der Waals surface area contributed by atoms with Crippen LogP contribution < -0.4 is 5.32 Å². The molecule has 3 aromatic rings. The zero-order chi connectivity index (χ0) is 16.2. The van der Waals surface area contributed by atoms with E-state index in [0.717, 1.165) is 11.1 Å². The van der Waals surface area contributed by atoms with Crippen LogP contribution in [0.4, 0.5) is 0 Å². The highest BCUT2D eigenvalue weighted by molar-refractivity contribution is 6.35. The maximum Gasteiger partial charge on any atom is 0.247 e. The Morgan fingerprint density at radius 2 is 1.87 bits per heavy atom. The minimum atomic E-state index is 0.0341. The summed E-state index contributed by atoms with van der Waals surface area (Å²) in [5.41, 5.74) is 1.87. The molecule has 0 saturated carbocycles. The lowest BCUT2D eigenvalue weighted by molar-refractivity contribution is 0.454. The van der Waals surface area contributed by atoms with Gasteiger partial charge in [-0.1, -0.05) is 47.5 Å². The zero-order valence-electron chi connectivity index (χ0n) is 12.5. The lowest BCUT2D eigenvalue weighted by Gasteiger charge is -2.14. The van der Waals surface area contributed by atoms with Crippen LogP contribution in [-0.4, -0.2) is 10.2 Å². The van der Waals surface area contributed by atoms with Crippen LogP contribution in [0, 0.1) is 0 Å². The maximum absolute atomic E-state index is 6.21. The monoisotopic (exact) mass is 347 g/mol. The highest BCUT2D eigenvalue weighted by Crippen LogP contribution is 2.26. The van der Waals surface area contributed by atoms with Crippen LogP contribution in [0.5, 0.6) is 0 Å². The molecule has 2 aromatic carbocycles. The van der Waals surface area contributed by atoms with E-state index in [1.807, 2.05) is 49.4 Å². The average Bonchev–Trinajstić information content (AvgIpc) is 3.02. The molecule has 0 fully saturated rings. The number of hydrogen-bond donors (Lipinski definition) is 1. The first-order valence-electron chi connectivity index (χ1n) is 7.19. The van der Waals surface area contributed by atoms with Gasteiger partial charge in [0.05, 0.1) is 6.54 Å². The Hall–Kier alpha value is -1.88. The van der Waals surface area contributed by atoms with Crippen LogP contribution in [0.25, 0.3) is 11.5 Å². The predicted octanol–water partition coefficient (Wildman–Crippen LogP) is 4.89. The molecular weight excluding hydrogens is 333 g/mol. The largest absolute Gasteiger partial charge is 0.419 e. The minimum Gasteiger partial charge on any atom is -0.419 e. The molecule has 0 amide bonds. The minimum absolute atomic E-state index is 0.0341. The van der Waals surface area contributed by atoms with Gasteiger partial charge in [-0.3, -0.25) is 0 Å². The van der Waals surface area contributed by atoms with E-state index in [2.05, 4.69) is 15.5 Å². The number of nitrogens with one attached hydrogen (secondary N) is 1. The van der Waals surface area contributed by atoms with E-state index in [4.69, 9.17) is 27.6 Å². The van der Waals surface area contributed by atoms with Crippen LogP contribution in [0.3, 0.4) is 0 Å². The second-order valence-electron chi connectivity index (χ2n) is 5.14. The molecule has 0 saturated heterocycles. The van der Waals surface area contributed by atoms with Crippen molar-refractivity contribution in [1.82, 2.24) is 15.5 Å². The van der Waals surface area contributed by atoms with E-state index in [0.29, 0.717) is 28.4 Å². The molecule has 0 aliphatic carbocycles. The molecule has 3 rings (SSSR count). The molecule has 1 atom stereocenters. The van der Waals surface area contributed by atoms with Crippen LogP contribution in [-0.2, 0) is 6.54 Å². The standard InChI is InChI=1S/C17H15Cl2N3O/c1-11(14-8-7-13(18)9-15(14)19)20-10-16-21-22-17(23-16)12-5-3-2-4-6-12/h2-9,11,20H,10H2,1H3. The Morgan fingerprint density at radius 3 is 2.61 bits per heavy atom. The van der Waals surface area contributed by atoms with E-state index in [1.165, 1.54) is 0 Å². The van der Waals surface area contributed by atoms with Crippen LogP contribution in [0.15, 0.2) is 52.9 Å². The molecule has 118 valence electrons. The van der Waals surface area contributed by atoms with E-state index >= 15 is 0 Å². The third-order valence-electron chi connectivity index (χ3n) is 3.48. The molecule has 0 spiro atoms. The van der Waals surface area contributed by atoms with Gasteiger partial charge in [-0.05, 0) is 36.8 Å². The van der Waals surface area contributed by atoms with Crippen molar-refractivity contribution in [3.05, 3.63) is 70.0 Å². The maximum atomic E-state index is 6.21. The van der Waals surface area contributed by atoms with Gasteiger partial charge >= 0.3 is 0 Å². The topological polar surface area (TPSA) is 51.0 Å². The third-order valence-corrected chi connectivity index (χ3v) is 4.04. The molecule has 0 bridgehead atoms. The number of benzene rings is 2. The summed E-state index contributed by atoms with van der Waals surface area (Å²) < 4.78 is 5.67. The lowest BCUT2D eigenvalue weighted by atomic mass is 10.1. The molecule has 6 heteroatoms. The van der Waals surface area contributed by atoms with Crippen molar-refractivity contribution in [2.75, 3.05) is 0 Å². The van der Waals surface area contributed by atoms with Crippen molar-refractivity contribution >= 4 is 23.2 Å². The van der Waals surface area contributed by atoms with Gasteiger partial charge in [0.2, 0.25) is 11.8 Å². The zero-order valence-corrected chi connectivity index (χ0v) is 14.0. The smallest absolute Gasteiger partial charge is 0.247 e. The molecule has 0 aliphatic rings. The number of hydrogen-bond acceptors (Lipinski definition) is 4. The number of rotatable bonds is 5. The first-order valence-corrected chi connectivity index (χ1v) is 7.95. The summed E-state index contributed by atoms with van der Waals surface area (Å²) >= 11 is 12.1. The molecule has 4 nitrogen and oxygen atoms in total. The Labute approximate surface area is 144 Å². The van der Waals surface area contributed by atoms with E-state index < -0.39 is 0 Å². The van der Waals surface area contributed by atoms with Crippen LogP contribution in [0.2, 0.25) is 10.0 Å². The highest BCUT2D eigenvalue weighted by Gasteiger charge is 2.12. The quantitative estimate of drug-likeness (QED) is 0.713. The number of halogens is 2. The molecule has 1 aromatic heterocycles. The summed E-state index contributed by atoms with van der Waals surface area (Å²) in [6.07, 6.45) is 0. The number of nitrogens with zero attached hydrogens (tertiary/aromatic N) is 2. The summed E-state index contributed by atoms with van der Waals surface area (Å²) in [5.74, 6) is 1.04. The van der Waals surface area contributed by atoms with E-state index in [1.54, 1.807) is 6.07 Å². The van der Waals surface area contributed by atoms with Gasteiger partial charge in [-0.25, -0.2) is 0 Å². The first-order chi connectivity index (χ1) is 11.1. The van der Waals surface area contributed by atoms with Gasteiger partial charge < -0.3 is 9.73 Å². The third kappa shape index (κ3) is 3.91. The molecule has 23 heavy (non-hydrogen) atoms. The Kier molecular flexibility index (Phi) is 4.96.